The van der Waals surface area contributed by atoms with Gasteiger partial charge in [0.2, 0.25) is 0 Å². The number of amides is 2. The number of aliphatic hydroxyl groups excluding tert-OH is 1. The largest absolute Gasteiger partial charge is 0.389 e. The Balaban J connectivity index is 2.05. The highest BCUT2D eigenvalue weighted by Gasteiger charge is 2.28. The maximum atomic E-state index is 11.2. The monoisotopic (exact) mass is 187 g/mol. The molecule has 0 spiro atoms. The van der Waals surface area contributed by atoms with Crippen molar-refractivity contribution in [2.24, 2.45) is 0 Å². The Hall–Kier alpha value is -0.810. The molecule has 5 heteroatoms. The van der Waals surface area contributed by atoms with Crippen LogP contribution in [-0.4, -0.2) is 67.3 Å². The second kappa shape index (κ2) is 4.43. The molecular formula is C8H17N3O2. The van der Waals surface area contributed by atoms with Gasteiger partial charge in [-0.3, -0.25) is 0 Å². The summed E-state index contributed by atoms with van der Waals surface area (Å²) < 4.78 is 0. The summed E-state index contributed by atoms with van der Waals surface area (Å²) in [4.78, 5) is 14.8. The van der Waals surface area contributed by atoms with Gasteiger partial charge in [-0.1, -0.05) is 0 Å². The molecule has 1 fully saturated rings. The molecule has 76 valence electrons. The van der Waals surface area contributed by atoms with Crippen LogP contribution in [0.5, 0.6) is 0 Å². The zero-order valence-electron chi connectivity index (χ0n) is 8.16. The van der Waals surface area contributed by atoms with Gasteiger partial charge in [-0.2, -0.15) is 0 Å². The molecule has 0 aromatic rings. The standard InChI is InChI=1S/C8H17N3O2/c1-10(2)4-3-9-8(13)11-5-7(12)6-11/h7,12H,3-6H2,1-2H3,(H,9,13). The summed E-state index contributed by atoms with van der Waals surface area (Å²) in [7, 11) is 3.92. The van der Waals surface area contributed by atoms with Crippen LogP contribution in [0.4, 0.5) is 4.79 Å². The molecule has 13 heavy (non-hydrogen) atoms. The van der Waals surface area contributed by atoms with E-state index >= 15 is 0 Å². The maximum absolute atomic E-state index is 11.2. The maximum Gasteiger partial charge on any atom is 0.317 e. The molecule has 0 aromatic heterocycles. The van der Waals surface area contributed by atoms with E-state index in [0.29, 0.717) is 19.6 Å². The van der Waals surface area contributed by atoms with Gasteiger partial charge in [0.15, 0.2) is 0 Å². The number of likely N-dealkylation sites (N-methyl/N-ethyl adjacent to an activating group) is 1. The van der Waals surface area contributed by atoms with Crippen molar-refractivity contribution in [2.45, 2.75) is 6.10 Å². The van der Waals surface area contributed by atoms with E-state index in [-0.39, 0.29) is 12.1 Å². The first-order valence-electron chi connectivity index (χ1n) is 4.45. The summed E-state index contributed by atoms with van der Waals surface area (Å²) in [6, 6.07) is -0.0767. The van der Waals surface area contributed by atoms with Crippen LogP contribution < -0.4 is 5.32 Å². The third-order valence-corrected chi connectivity index (χ3v) is 1.98. The van der Waals surface area contributed by atoms with E-state index in [2.05, 4.69) is 5.32 Å². The minimum atomic E-state index is -0.320. The minimum Gasteiger partial charge on any atom is -0.389 e. The van der Waals surface area contributed by atoms with Gasteiger partial charge in [-0.05, 0) is 14.1 Å². The van der Waals surface area contributed by atoms with Gasteiger partial charge in [0.05, 0.1) is 19.2 Å². The van der Waals surface area contributed by atoms with E-state index in [1.165, 1.54) is 0 Å². The normalized spacial score (nSPS) is 17.4. The molecule has 1 rings (SSSR count). The lowest BCUT2D eigenvalue weighted by Gasteiger charge is -2.35. The lowest BCUT2D eigenvalue weighted by molar-refractivity contribution is 0.0266. The first-order chi connectivity index (χ1) is 6.09. The summed E-state index contributed by atoms with van der Waals surface area (Å²) in [5.41, 5.74) is 0. The fourth-order valence-corrected chi connectivity index (χ4v) is 1.12. The van der Waals surface area contributed by atoms with Crippen molar-refractivity contribution in [2.75, 3.05) is 40.3 Å². The predicted octanol–water partition coefficient (Wildman–Crippen LogP) is -1.07. The topological polar surface area (TPSA) is 55.8 Å². The first-order valence-corrected chi connectivity index (χ1v) is 4.45. The predicted molar refractivity (Wildman–Crippen MR) is 49.5 cm³/mol. The van der Waals surface area contributed by atoms with Crippen molar-refractivity contribution in [1.82, 2.24) is 15.1 Å². The third kappa shape index (κ3) is 3.20. The third-order valence-electron chi connectivity index (χ3n) is 1.98. The Morgan fingerprint density at radius 3 is 2.69 bits per heavy atom. The summed E-state index contributed by atoms with van der Waals surface area (Å²) >= 11 is 0. The summed E-state index contributed by atoms with van der Waals surface area (Å²) in [6.45, 7) is 2.42. The van der Waals surface area contributed by atoms with Crippen LogP contribution >= 0.6 is 0 Å². The smallest absolute Gasteiger partial charge is 0.317 e. The number of urea groups is 1. The Bertz CT molecular complexity index is 178. The van der Waals surface area contributed by atoms with Gasteiger partial charge in [0, 0.05) is 13.1 Å². The first kappa shape index (κ1) is 10.3. The van der Waals surface area contributed by atoms with Crippen LogP contribution in [0.3, 0.4) is 0 Å². The molecule has 1 saturated heterocycles. The SMILES string of the molecule is CN(C)CCNC(=O)N1CC(O)C1. The number of hydrogen-bond donors (Lipinski definition) is 2. The molecule has 0 aromatic carbocycles. The highest BCUT2D eigenvalue weighted by molar-refractivity contribution is 5.75. The Morgan fingerprint density at radius 1 is 1.62 bits per heavy atom. The van der Waals surface area contributed by atoms with E-state index in [9.17, 15) is 4.79 Å². The fourth-order valence-electron chi connectivity index (χ4n) is 1.12. The van der Waals surface area contributed by atoms with Crippen molar-refractivity contribution in [3.8, 4) is 0 Å². The second-order valence-electron chi connectivity index (χ2n) is 3.59. The molecule has 0 saturated carbocycles. The van der Waals surface area contributed by atoms with Gasteiger partial charge < -0.3 is 20.2 Å². The number of β-amino-alcohol motifs (C(OH)–C–C–N with tert-alkyl or cyclic N) is 1. The van der Waals surface area contributed by atoms with E-state index < -0.39 is 0 Å². The van der Waals surface area contributed by atoms with E-state index in [4.69, 9.17) is 5.11 Å². The van der Waals surface area contributed by atoms with Crippen molar-refractivity contribution in [3.63, 3.8) is 0 Å². The van der Waals surface area contributed by atoms with Crippen molar-refractivity contribution >= 4 is 6.03 Å². The molecule has 1 aliphatic rings. The highest BCUT2D eigenvalue weighted by Crippen LogP contribution is 2.06. The molecular weight excluding hydrogens is 170 g/mol. The van der Waals surface area contributed by atoms with Gasteiger partial charge >= 0.3 is 6.03 Å². The molecule has 0 radical (unpaired) electrons. The summed E-state index contributed by atoms with van der Waals surface area (Å²) in [5, 5.41) is 11.7. The highest BCUT2D eigenvalue weighted by atomic mass is 16.3. The fraction of sp³-hybridized carbons (Fsp3) is 0.875. The van der Waals surface area contributed by atoms with Gasteiger partial charge in [-0.25, -0.2) is 4.79 Å². The van der Waals surface area contributed by atoms with Crippen LogP contribution in [0.2, 0.25) is 0 Å². The van der Waals surface area contributed by atoms with Crippen LogP contribution in [0.15, 0.2) is 0 Å². The van der Waals surface area contributed by atoms with Gasteiger partial charge in [0.25, 0.3) is 0 Å². The number of carbonyl (C=O) groups excluding carboxylic acids is 1. The van der Waals surface area contributed by atoms with Crippen LogP contribution in [-0.2, 0) is 0 Å². The number of carbonyl (C=O) groups is 1. The van der Waals surface area contributed by atoms with E-state index in [0.717, 1.165) is 6.54 Å². The van der Waals surface area contributed by atoms with E-state index in [1.807, 2.05) is 19.0 Å². The minimum absolute atomic E-state index is 0.0767. The second-order valence-corrected chi connectivity index (χ2v) is 3.59. The molecule has 5 nitrogen and oxygen atoms in total. The quantitative estimate of drug-likeness (QED) is 0.592. The Labute approximate surface area is 78.3 Å². The molecule has 0 unspecified atom stereocenters. The molecule has 1 heterocycles. The average Bonchev–Trinajstić information content (AvgIpc) is 1.97. The number of nitrogens with one attached hydrogen (secondary N) is 1. The molecule has 0 bridgehead atoms. The molecule has 2 amide bonds. The van der Waals surface area contributed by atoms with Crippen LogP contribution in [0.25, 0.3) is 0 Å². The van der Waals surface area contributed by atoms with Gasteiger partial charge in [-0.15, -0.1) is 0 Å². The number of likely N-dealkylation sites (tertiary alicyclic amines) is 1. The number of aliphatic hydroxyl groups is 1. The lowest BCUT2D eigenvalue weighted by atomic mass is 10.2. The zero-order valence-corrected chi connectivity index (χ0v) is 8.16. The van der Waals surface area contributed by atoms with Gasteiger partial charge in [0.1, 0.15) is 0 Å². The summed E-state index contributed by atoms with van der Waals surface area (Å²) in [6.07, 6.45) is -0.320. The number of nitrogens with zero attached hydrogens (tertiary/aromatic N) is 2. The van der Waals surface area contributed by atoms with Crippen LogP contribution in [0.1, 0.15) is 0 Å². The Kier molecular flexibility index (Phi) is 3.50. The number of rotatable bonds is 3. The Morgan fingerprint density at radius 2 is 2.23 bits per heavy atom. The molecule has 2 N–H and O–H groups in total. The molecule has 0 aliphatic carbocycles. The number of hydrogen-bond acceptors (Lipinski definition) is 3. The summed E-state index contributed by atoms with van der Waals surface area (Å²) in [5.74, 6) is 0. The molecule has 1 aliphatic heterocycles. The average molecular weight is 187 g/mol. The van der Waals surface area contributed by atoms with Crippen LogP contribution in [0, 0.1) is 0 Å². The molecule has 0 atom stereocenters. The lowest BCUT2D eigenvalue weighted by Crippen LogP contribution is -2.57. The van der Waals surface area contributed by atoms with Crippen molar-refractivity contribution in [1.29, 1.82) is 0 Å². The zero-order chi connectivity index (χ0) is 9.84. The van der Waals surface area contributed by atoms with Crippen molar-refractivity contribution < 1.29 is 9.90 Å². The van der Waals surface area contributed by atoms with Crippen molar-refractivity contribution in [3.05, 3.63) is 0 Å². The van der Waals surface area contributed by atoms with E-state index in [1.54, 1.807) is 4.90 Å².